The molecule has 5 N–H and O–H groups in total. The van der Waals surface area contributed by atoms with E-state index in [1.165, 1.54) is 32.1 Å². The first-order valence-electron chi connectivity index (χ1n) is 10.9. The number of β-amino-alcohol motifs (C(OH)–C–C–N with tert-alkyl or cyclic N) is 1. The lowest BCUT2D eigenvalue weighted by Crippen LogP contribution is -2.36. The van der Waals surface area contributed by atoms with Gasteiger partial charge in [0.1, 0.15) is 5.75 Å². The lowest BCUT2D eigenvalue weighted by Gasteiger charge is -2.10. The molecule has 8 heteroatoms. The molecule has 8 nitrogen and oxygen atoms in total. The number of aliphatic hydroxyl groups is 1. The van der Waals surface area contributed by atoms with Crippen molar-refractivity contribution in [3.05, 3.63) is 29.7 Å². The highest BCUT2D eigenvalue weighted by molar-refractivity contribution is 5.70. The van der Waals surface area contributed by atoms with Gasteiger partial charge in [0.05, 0.1) is 19.3 Å². The van der Waals surface area contributed by atoms with Gasteiger partial charge in [0.15, 0.2) is 6.04 Å². The summed E-state index contributed by atoms with van der Waals surface area (Å²) in [6, 6.07) is 5.57. The molecule has 0 aliphatic carbocycles. The van der Waals surface area contributed by atoms with Gasteiger partial charge in [-0.05, 0) is 37.1 Å². The highest BCUT2D eigenvalue weighted by Crippen LogP contribution is 2.30. The van der Waals surface area contributed by atoms with Crippen molar-refractivity contribution >= 4 is 5.96 Å². The Labute approximate surface area is 177 Å². The summed E-state index contributed by atoms with van der Waals surface area (Å²) in [5.41, 5.74) is 13.3. The predicted octanol–water partition coefficient (Wildman–Crippen LogP) is 2.88. The van der Waals surface area contributed by atoms with Crippen LogP contribution < -0.4 is 16.2 Å². The molecule has 1 fully saturated rings. The molecule has 1 saturated heterocycles. The molecular formula is C22H34N5O3+. The molecule has 2 heterocycles. The third-order valence-corrected chi connectivity index (χ3v) is 5.53. The summed E-state index contributed by atoms with van der Waals surface area (Å²) in [5, 5.41) is 14.0. The van der Waals surface area contributed by atoms with Crippen LogP contribution >= 0.6 is 0 Å². The van der Waals surface area contributed by atoms with Crippen molar-refractivity contribution in [1.29, 1.82) is 0 Å². The monoisotopic (exact) mass is 416 g/mol. The Kier molecular flexibility index (Phi) is 7.68. The second-order valence-electron chi connectivity index (χ2n) is 8.04. The number of hydrogen-bond acceptors (Lipinski definition) is 5. The van der Waals surface area contributed by atoms with E-state index in [0.717, 1.165) is 29.9 Å². The topological polar surface area (TPSA) is 123 Å². The first-order valence-corrected chi connectivity index (χ1v) is 10.9. The minimum absolute atomic E-state index is 0.138. The minimum atomic E-state index is -0.530. The Bertz CT molecular complexity index is 860. The lowest BCUT2D eigenvalue weighted by atomic mass is 10.1. The standard InChI is InChI=1S/C22H33N5O3/c1-3-4-5-6-7-8-11-29-19-10-9-16(12-15(19)2)20-25-21(30-26-20)18-13-17(28)14-27(18)22(23)24/h9-10,12,17-18,28H,3-8,11,13-14H2,1-2H3,(H3,23,24)/p+1/t17-,18+/m1/s1. The van der Waals surface area contributed by atoms with E-state index in [9.17, 15) is 5.11 Å². The quantitative estimate of drug-likeness (QED) is 0.309. The third-order valence-electron chi connectivity index (χ3n) is 5.53. The average Bonchev–Trinajstić information content (AvgIpc) is 3.35. The van der Waals surface area contributed by atoms with Gasteiger partial charge in [0.25, 0.3) is 5.89 Å². The van der Waals surface area contributed by atoms with Crippen LogP contribution in [0.25, 0.3) is 11.4 Å². The molecule has 2 atom stereocenters. The summed E-state index contributed by atoms with van der Waals surface area (Å²) < 4.78 is 13.1. The van der Waals surface area contributed by atoms with Crippen LogP contribution in [-0.2, 0) is 0 Å². The maximum atomic E-state index is 9.94. The maximum Gasteiger partial charge on any atom is 0.341 e. The molecule has 1 aliphatic rings. The number of aliphatic hydroxyl groups excluding tert-OH is 1. The lowest BCUT2D eigenvalue weighted by molar-refractivity contribution is -0.557. The number of guanidine groups is 1. The van der Waals surface area contributed by atoms with Crippen molar-refractivity contribution in [2.75, 3.05) is 13.2 Å². The van der Waals surface area contributed by atoms with E-state index in [4.69, 9.17) is 20.7 Å². The number of aryl methyl sites for hydroxylation is 1. The maximum absolute atomic E-state index is 9.94. The summed E-state index contributed by atoms with van der Waals surface area (Å²) >= 11 is 0. The van der Waals surface area contributed by atoms with Gasteiger partial charge < -0.3 is 14.4 Å². The molecule has 1 aliphatic heterocycles. The van der Waals surface area contributed by atoms with Gasteiger partial charge in [-0.25, -0.2) is 0 Å². The van der Waals surface area contributed by atoms with Crippen molar-refractivity contribution in [3.63, 3.8) is 0 Å². The fraction of sp³-hybridized carbons (Fsp3) is 0.591. The molecule has 0 spiro atoms. The number of nitrogens with zero attached hydrogens (tertiary/aromatic N) is 3. The molecule has 1 aromatic carbocycles. The van der Waals surface area contributed by atoms with Crippen molar-refractivity contribution < 1.29 is 18.9 Å². The zero-order valence-corrected chi connectivity index (χ0v) is 18.0. The summed E-state index contributed by atoms with van der Waals surface area (Å²) in [4.78, 5) is 4.52. The fourth-order valence-electron chi connectivity index (χ4n) is 3.84. The van der Waals surface area contributed by atoms with Crippen LogP contribution in [0.1, 0.15) is 69.4 Å². The Morgan fingerprint density at radius 1 is 1.23 bits per heavy atom. The zero-order chi connectivity index (χ0) is 21.5. The molecule has 164 valence electrons. The molecule has 2 aromatic rings. The van der Waals surface area contributed by atoms with E-state index in [-0.39, 0.29) is 12.0 Å². The Morgan fingerprint density at radius 3 is 2.73 bits per heavy atom. The molecule has 1 aromatic heterocycles. The Hall–Kier alpha value is -2.61. The molecule has 0 unspecified atom stereocenters. The highest BCUT2D eigenvalue weighted by Gasteiger charge is 2.36. The second kappa shape index (κ2) is 10.4. The van der Waals surface area contributed by atoms with Crippen LogP contribution in [-0.4, -0.2) is 45.0 Å². The molecule has 0 bridgehead atoms. The second-order valence-corrected chi connectivity index (χ2v) is 8.04. The fourth-order valence-corrected chi connectivity index (χ4v) is 3.84. The number of nitrogens with two attached hydrogens (primary N) is 2. The third kappa shape index (κ3) is 5.50. The van der Waals surface area contributed by atoms with Gasteiger partial charge in [-0.2, -0.15) is 4.98 Å². The molecule has 30 heavy (non-hydrogen) atoms. The van der Waals surface area contributed by atoms with E-state index >= 15 is 0 Å². The summed E-state index contributed by atoms with van der Waals surface area (Å²) in [6.07, 6.45) is 7.37. The van der Waals surface area contributed by atoms with Crippen molar-refractivity contribution in [3.8, 4) is 17.1 Å². The van der Waals surface area contributed by atoms with Crippen molar-refractivity contribution in [2.45, 2.75) is 70.9 Å². The molecular weight excluding hydrogens is 382 g/mol. The predicted molar refractivity (Wildman–Crippen MR) is 115 cm³/mol. The molecule has 0 saturated carbocycles. The number of benzene rings is 1. The van der Waals surface area contributed by atoms with Gasteiger partial charge in [0, 0.05) is 12.0 Å². The summed E-state index contributed by atoms with van der Waals surface area (Å²) in [6.45, 7) is 5.33. The van der Waals surface area contributed by atoms with E-state index < -0.39 is 6.10 Å². The number of rotatable bonds is 10. The van der Waals surface area contributed by atoms with Crippen LogP contribution in [0, 0.1) is 6.92 Å². The first kappa shape index (κ1) is 22.1. The Balaban J connectivity index is 1.60. The number of hydrogen-bond donors (Lipinski definition) is 3. The molecule has 0 radical (unpaired) electrons. The summed E-state index contributed by atoms with van der Waals surface area (Å²) in [5.74, 6) is 1.91. The van der Waals surface area contributed by atoms with Gasteiger partial charge >= 0.3 is 5.96 Å². The highest BCUT2D eigenvalue weighted by atomic mass is 16.5. The van der Waals surface area contributed by atoms with Crippen molar-refractivity contribution in [2.24, 2.45) is 11.5 Å². The number of ether oxygens (including phenoxy) is 1. The van der Waals surface area contributed by atoms with Crippen LogP contribution in [0.2, 0.25) is 0 Å². The van der Waals surface area contributed by atoms with Gasteiger partial charge in [-0.1, -0.05) is 44.2 Å². The van der Waals surface area contributed by atoms with E-state index in [2.05, 4.69) is 17.1 Å². The van der Waals surface area contributed by atoms with Crippen LogP contribution in [0.4, 0.5) is 0 Å². The number of unbranched alkanes of at least 4 members (excludes halogenated alkanes) is 5. The Morgan fingerprint density at radius 2 is 2.00 bits per heavy atom. The zero-order valence-electron chi connectivity index (χ0n) is 18.0. The first-order chi connectivity index (χ1) is 14.5. The van der Waals surface area contributed by atoms with E-state index in [0.29, 0.717) is 24.7 Å². The summed E-state index contributed by atoms with van der Waals surface area (Å²) in [7, 11) is 0. The van der Waals surface area contributed by atoms with Crippen LogP contribution in [0.15, 0.2) is 22.7 Å². The van der Waals surface area contributed by atoms with E-state index in [1.807, 2.05) is 25.1 Å². The van der Waals surface area contributed by atoms with Gasteiger partial charge in [-0.3, -0.25) is 16.0 Å². The minimum Gasteiger partial charge on any atom is -0.493 e. The average molecular weight is 417 g/mol. The SMILES string of the molecule is CCCCCCCCOc1ccc(-c2noc([C@@H]3C[C@@H](O)C[N+]3=C(N)N)n2)cc1C. The number of aromatic nitrogens is 2. The van der Waals surface area contributed by atoms with E-state index in [1.54, 1.807) is 4.58 Å². The van der Waals surface area contributed by atoms with Gasteiger partial charge in [-0.15, -0.1) is 0 Å². The molecule has 3 rings (SSSR count). The molecule has 0 amide bonds. The van der Waals surface area contributed by atoms with Crippen molar-refractivity contribution in [1.82, 2.24) is 10.1 Å². The van der Waals surface area contributed by atoms with Crippen LogP contribution in [0.3, 0.4) is 0 Å². The van der Waals surface area contributed by atoms with Gasteiger partial charge in [0.2, 0.25) is 5.82 Å². The smallest absolute Gasteiger partial charge is 0.341 e. The van der Waals surface area contributed by atoms with Crippen LogP contribution in [0.5, 0.6) is 5.75 Å². The largest absolute Gasteiger partial charge is 0.493 e. The normalized spacial score (nSPS) is 18.7.